The van der Waals surface area contributed by atoms with Crippen molar-refractivity contribution in [3.8, 4) is 0 Å². The van der Waals surface area contributed by atoms with Gasteiger partial charge in [0, 0.05) is 32.6 Å². The molecular formula is C27H31FN4O5. The van der Waals surface area contributed by atoms with Crippen molar-refractivity contribution in [3.05, 3.63) is 59.1 Å². The number of ether oxygens (including phenoxy) is 1. The topological polar surface area (TPSA) is 108 Å². The molecule has 3 atom stereocenters. The summed E-state index contributed by atoms with van der Waals surface area (Å²) in [6.07, 6.45) is 5.33. The fourth-order valence-corrected chi connectivity index (χ4v) is 5.53. The van der Waals surface area contributed by atoms with Crippen molar-refractivity contribution in [1.82, 2.24) is 20.4 Å². The summed E-state index contributed by atoms with van der Waals surface area (Å²) < 4.78 is 19.4. The third-order valence-corrected chi connectivity index (χ3v) is 7.85. The molecule has 3 amide bonds. The lowest BCUT2D eigenvalue weighted by Crippen LogP contribution is -2.46. The average molecular weight is 511 g/mol. The van der Waals surface area contributed by atoms with Crippen LogP contribution in [0.15, 0.2) is 47.7 Å². The van der Waals surface area contributed by atoms with Gasteiger partial charge in [0.05, 0.1) is 18.2 Å². The fourth-order valence-electron chi connectivity index (χ4n) is 5.53. The number of rotatable bonds is 7. The second-order valence-corrected chi connectivity index (χ2v) is 10.3. The SMILES string of the molecule is CNC(=O)NC1=CC=C2C(CC(=O)C23CN(CC(=O)N(Cc2ccc(F)cc2)[C@@H](C)C2CC2)CO3)C1=O. The number of urea groups is 1. The van der Waals surface area contributed by atoms with E-state index in [0.717, 1.165) is 18.4 Å². The highest BCUT2D eigenvalue weighted by Gasteiger charge is 2.58. The number of allylic oxidation sites excluding steroid dienone is 3. The number of amides is 3. The van der Waals surface area contributed by atoms with Crippen LogP contribution in [0, 0.1) is 17.7 Å². The first kappa shape index (κ1) is 25.3. The molecule has 0 bridgehead atoms. The summed E-state index contributed by atoms with van der Waals surface area (Å²) >= 11 is 0. The zero-order chi connectivity index (χ0) is 26.3. The van der Waals surface area contributed by atoms with Gasteiger partial charge in [0.15, 0.2) is 17.2 Å². The summed E-state index contributed by atoms with van der Waals surface area (Å²) in [7, 11) is 1.45. The van der Waals surface area contributed by atoms with Crippen molar-refractivity contribution in [1.29, 1.82) is 0 Å². The molecule has 9 nitrogen and oxygen atoms in total. The Balaban J connectivity index is 1.30. The fraction of sp³-hybridized carbons (Fsp3) is 0.481. The van der Waals surface area contributed by atoms with Crippen molar-refractivity contribution in [2.24, 2.45) is 11.8 Å². The maximum absolute atomic E-state index is 13.5. The van der Waals surface area contributed by atoms with E-state index in [9.17, 15) is 23.6 Å². The Morgan fingerprint density at radius 3 is 2.62 bits per heavy atom. The Kier molecular flexibility index (Phi) is 6.72. The number of fused-ring (bicyclic) bond motifs is 2. The molecule has 3 fully saturated rings. The Labute approximate surface area is 214 Å². The minimum absolute atomic E-state index is 0.00533. The summed E-state index contributed by atoms with van der Waals surface area (Å²) in [5.41, 5.74) is 0.298. The third kappa shape index (κ3) is 4.83. The maximum atomic E-state index is 13.5. The van der Waals surface area contributed by atoms with Gasteiger partial charge in [-0.25, -0.2) is 9.18 Å². The molecule has 37 heavy (non-hydrogen) atoms. The number of nitrogens with one attached hydrogen (secondary N) is 2. The number of benzene rings is 1. The highest BCUT2D eigenvalue weighted by molar-refractivity contribution is 6.10. The van der Waals surface area contributed by atoms with E-state index in [0.29, 0.717) is 18.0 Å². The van der Waals surface area contributed by atoms with Crippen LogP contribution in [0.25, 0.3) is 0 Å². The van der Waals surface area contributed by atoms with Gasteiger partial charge in [0.1, 0.15) is 12.5 Å². The molecule has 2 saturated carbocycles. The highest BCUT2D eigenvalue weighted by atomic mass is 19.1. The van der Waals surface area contributed by atoms with E-state index < -0.39 is 17.6 Å². The number of hydrogen-bond acceptors (Lipinski definition) is 6. The zero-order valence-corrected chi connectivity index (χ0v) is 21.0. The molecule has 10 heteroatoms. The Hall–Kier alpha value is -3.37. The predicted molar refractivity (Wildman–Crippen MR) is 131 cm³/mol. The quantitative estimate of drug-likeness (QED) is 0.580. The Bertz CT molecular complexity index is 1190. The third-order valence-electron chi connectivity index (χ3n) is 7.85. The molecule has 1 saturated heterocycles. The molecule has 0 radical (unpaired) electrons. The minimum atomic E-state index is -1.26. The van der Waals surface area contributed by atoms with E-state index >= 15 is 0 Å². The van der Waals surface area contributed by atoms with E-state index in [1.807, 2.05) is 11.8 Å². The maximum Gasteiger partial charge on any atom is 0.319 e. The molecule has 1 aromatic carbocycles. The first-order valence-corrected chi connectivity index (χ1v) is 12.6. The largest absolute Gasteiger partial charge is 0.346 e. The van der Waals surface area contributed by atoms with Gasteiger partial charge >= 0.3 is 6.03 Å². The van der Waals surface area contributed by atoms with E-state index in [1.165, 1.54) is 25.3 Å². The van der Waals surface area contributed by atoms with Crippen molar-refractivity contribution in [2.45, 2.75) is 44.4 Å². The lowest BCUT2D eigenvalue weighted by molar-refractivity contribution is -0.135. The normalized spacial score (nSPS) is 26.0. The van der Waals surface area contributed by atoms with Crippen LogP contribution < -0.4 is 10.6 Å². The molecule has 196 valence electrons. The number of hydrogen-bond donors (Lipinski definition) is 2. The Morgan fingerprint density at radius 1 is 1.22 bits per heavy atom. The van der Waals surface area contributed by atoms with Crippen LogP contribution in [-0.4, -0.2) is 71.8 Å². The number of carbonyl (C=O) groups excluding carboxylic acids is 4. The predicted octanol–water partition coefficient (Wildman–Crippen LogP) is 1.89. The zero-order valence-electron chi connectivity index (χ0n) is 21.0. The second kappa shape index (κ2) is 9.83. The van der Waals surface area contributed by atoms with Gasteiger partial charge in [-0.05, 0) is 55.0 Å². The van der Waals surface area contributed by atoms with Crippen LogP contribution in [0.4, 0.5) is 9.18 Å². The number of Topliss-reactive ketones (excluding diaryl/α,β-unsaturated/α-hetero) is 2. The van der Waals surface area contributed by atoms with Crippen LogP contribution in [0.3, 0.4) is 0 Å². The van der Waals surface area contributed by atoms with Crippen LogP contribution in [0.2, 0.25) is 0 Å². The van der Waals surface area contributed by atoms with Gasteiger partial charge < -0.3 is 20.3 Å². The van der Waals surface area contributed by atoms with Crippen LogP contribution in [0.1, 0.15) is 31.7 Å². The molecule has 2 N–H and O–H groups in total. The molecular weight excluding hydrogens is 479 g/mol. The van der Waals surface area contributed by atoms with Crippen LogP contribution >= 0.6 is 0 Å². The number of nitrogens with zero attached hydrogens (tertiary/aromatic N) is 2. The van der Waals surface area contributed by atoms with Gasteiger partial charge in [0.25, 0.3) is 0 Å². The number of halogens is 1. The molecule has 1 spiro atoms. The first-order valence-electron chi connectivity index (χ1n) is 12.6. The van der Waals surface area contributed by atoms with Crippen LogP contribution in [0.5, 0.6) is 0 Å². The second-order valence-electron chi connectivity index (χ2n) is 10.3. The smallest absolute Gasteiger partial charge is 0.319 e. The Morgan fingerprint density at radius 2 is 1.95 bits per heavy atom. The summed E-state index contributed by atoms with van der Waals surface area (Å²) in [5.74, 6) is -1.17. The van der Waals surface area contributed by atoms with Gasteiger partial charge in [-0.3, -0.25) is 19.3 Å². The van der Waals surface area contributed by atoms with E-state index in [2.05, 4.69) is 10.6 Å². The molecule has 4 aliphatic rings. The van der Waals surface area contributed by atoms with Gasteiger partial charge in [0.2, 0.25) is 5.91 Å². The van der Waals surface area contributed by atoms with Crippen molar-refractivity contribution in [2.75, 3.05) is 26.9 Å². The van der Waals surface area contributed by atoms with E-state index in [-0.39, 0.29) is 61.3 Å². The summed E-state index contributed by atoms with van der Waals surface area (Å²) in [5, 5.41) is 4.91. The summed E-state index contributed by atoms with van der Waals surface area (Å²) in [4.78, 5) is 54.9. The molecule has 3 aliphatic carbocycles. The monoisotopic (exact) mass is 510 g/mol. The molecule has 1 aliphatic heterocycles. The van der Waals surface area contributed by atoms with Gasteiger partial charge in [-0.2, -0.15) is 0 Å². The molecule has 2 unspecified atom stereocenters. The number of carbonyl (C=O) groups is 4. The number of ketones is 2. The molecule has 0 aromatic heterocycles. The van der Waals surface area contributed by atoms with Crippen molar-refractivity contribution < 1.29 is 28.3 Å². The van der Waals surface area contributed by atoms with E-state index in [1.54, 1.807) is 23.1 Å². The minimum Gasteiger partial charge on any atom is -0.346 e. The van der Waals surface area contributed by atoms with Crippen molar-refractivity contribution in [3.63, 3.8) is 0 Å². The summed E-state index contributed by atoms with van der Waals surface area (Å²) in [6.45, 7) is 2.76. The van der Waals surface area contributed by atoms with Crippen LogP contribution in [-0.2, 0) is 25.7 Å². The standard InChI is InChI=1S/C27H31FN4O5/c1-16(18-5-6-18)32(12-17-3-7-19(28)8-4-17)24(34)13-31-14-27(37-15-31)21-9-10-22(30-26(36)29-2)25(35)20(21)11-23(27)33/h3-4,7-10,16,18,20H,5-6,11-15H2,1-2H3,(H2,29,30,36)/t16-,20?,27?/m0/s1. The summed E-state index contributed by atoms with van der Waals surface area (Å²) in [6, 6.07) is 5.69. The van der Waals surface area contributed by atoms with Gasteiger partial charge in [-0.15, -0.1) is 0 Å². The lowest BCUT2D eigenvalue weighted by Gasteiger charge is -2.31. The molecule has 1 heterocycles. The first-order chi connectivity index (χ1) is 17.7. The van der Waals surface area contributed by atoms with Crippen molar-refractivity contribution >= 4 is 23.5 Å². The molecule has 5 rings (SSSR count). The average Bonchev–Trinajstić information content (AvgIpc) is 3.59. The van der Waals surface area contributed by atoms with E-state index in [4.69, 9.17) is 4.74 Å². The van der Waals surface area contributed by atoms with Gasteiger partial charge in [-0.1, -0.05) is 18.2 Å². The highest BCUT2D eigenvalue weighted by Crippen LogP contribution is 2.46. The lowest BCUT2D eigenvalue weighted by atomic mass is 9.85. The molecule has 1 aromatic rings.